The summed E-state index contributed by atoms with van der Waals surface area (Å²) >= 11 is 0. The van der Waals surface area contributed by atoms with Crippen LogP contribution in [0.15, 0.2) is 24.3 Å². The van der Waals surface area contributed by atoms with Crippen molar-refractivity contribution in [1.29, 1.82) is 0 Å². The van der Waals surface area contributed by atoms with Gasteiger partial charge in [-0.15, -0.1) is 0 Å². The SMILES string of the molecule is Cc1ccc(C(N)(C(=O)O)C(C)(F)F)cc1. The van der Waals surface area contributed by atoms with Crippen molar-refractivity contribution in [2.24, 2.45) is 5.73 Å². The van der Waals surface area contributed by atoms with E-state index in [2.05, 4.69) is 0 Å². The number of nitrogens with two attached hydrogens (primary N) is 1. The van der Waals surface area contributed by atoms with Crippen molar-refractivity contribution in [3.8, 4) is 0 Å². The standard InChI is InChI=1S/C11H13F2NO2/c1-7-3-5-8(6-4-7)11(14,9(15)16)10(2,12)13/h3-6H,14H2,1-2H3,(H,15,16). The molecule has 0 fully saturated rings. The summed E-state index contributed by atoms with van der Waals surface area (Å²) in [4.78, 5) is 10.9. The van der Waals surface area contributed by atoms with Crippen molar-refractivity contribution in [2.75, 3.05) is 0 Å². The van der Waals surface area contributed by atoms with E-state index in [4.69, 9.17) is 10.8 Å². The predicted octanol–water partition coefficient (Wildman–Crippen LogP) is 1.89. The van der Waals surface area contributed by atoms with E-state index in [1.807, 2.05) is 0 Å². The Bertz CT molecular complexity index is 397. The monoisotopic (exact) mass is 229 g/mol. The van der Waals surface area contributed by atoms with E-state index < -0.39 is 17.4 Å². The van der Waals surface area contributed by atoms with Crippen LogP contribution in [-0.4, -0.2) is 17.0 Å². The molecule has 1 aromatic carbocycles. The van der Waals surface area contributed by atoms with Crippen molar-refractivity contribution in [1.82, 2.24) is 0 Å². The van der Waals surface area contributed by atoms with Gasteiger partial charge in [0.2, 0.25) is 5.54 Å². The average Bonchev–Trinajstić information content (AvgIpc) is 2.15. The Balaban J connectivity index is 3.34. The molecule has 3 N–H and O–H groups in total. The Morgan fingerprint density at radius 2 is 1.75 bits per heavy atom. The molecule has 5 heteroatoms. The zero-order valence-electron chi connectivity index (χ0n) is 9.00. The highest BCUT2D eigenvalue weighted by atomic mass is 19.3. The molecule has 1 rings (SSSR count). The van der Waals surface area contributed by atoms with Gasteiger partial charge in [0.15, 0.2) is 0 Å². The molecule has 3 nitrogen and oxygen atoms in total. The van der Waals surface area contributed by atoms with Crippen LogP contribution in [0, 0.1) is 6.92 Å². The van der Waals surface area contributed by atoms with Crippen molar-refractivity contribution in [3.05, 3.63) is 35.4 Å². The second kappa shape index (κ2) is 3.83. The highest BCUT2D eigenvalue weighted by Crippen LogP contribution is 2.35. The largest absolute Gasteiger partial charge is 0.479 e. The first kappa shape index (κ1) is 12.6. The summed E-state index contributed by atoms with van der Waals surface area (Å²) in [6.07, 6.45) is 0. The summed E-state index contributed by atoms with van der Waals surface area (Å²) in [5.41, 5.74) is 3.38. The Kier molecular flexibility index (Phi) is 3.01. The van der Waals surface area contributed by atoms with Crippen LogP contribution in [0.4, 0.5) is 8.78 Å². The lowest BCUT2D eigenvalue weighted by Crippen LogP contribution is -2.57. The molecular formula is C11H13F2NO2. The normalized spacial score (nSPS) is 15.6. The van der Waals surface area contributed by atoms with Gasteiger partial charge in [-0.1, -0.05) is 29.8 Å². The number of rotatable bonds is 3. The van der Waals surface area contributed by atoms with E-state index >= 15 is 0 Å². The second-order valence-electron chi connectivity index (χ2n) is 3.87. The van der Waals surface area contributed by atoms with Gasteiger partial charge in [0.05, 0.1) is 0 Å². The van der Waals surface area contributed by atoms with Gasteiger partial charge in [-0.3, -0.25) is 0 Å². The Morgan fingerprint density at radius 1 is 1.31 bits per heavy atom. The molecular weight excluding hydrogens is 216 g/mol. The van der Waals surface area contributed by atoms with Gasteiger partial charge in [0, 0.05) is 6.92 Å². The summed E-state index contributed by atoms with van der Waals surface area (Å²) in [6.45, 7) is 2.27. The van der Waals surface area contributed by atoms with E-state index in [-0.39, 0.29) is 5.56 Å². The molecule has 0 radical (unpaired) electrons. The number of hydrogen-bond acceptors (Lipinski definition) is 2. The fraction of sp³-hybridized carbons (Fsp3) is 0.364. The third-order valence-electron chi connectivity index (χ3n) is 2.54. The maximum absolute atomic E-state index is 13.3. The van der Waals surface area contributed by atoms with Crippen LogP contribution in [0.2, 0.25) is 0 Å². The maximum Gasteiger partial charge on any atom is 0.334 e. The molecule has 0 aliphatic carbocycles. The Hall–Kier alpha value is -1.49. The molecule has 1 atom stereocenters. The van der Waals surface area contributed by atoms with Crippen LogP contribution in [-0.2, 0) is 10.3 Å². The molecule has 16 heavy (non-hydrogen) atoms. The third-order valence-corrected chi connectivity index (χ3v) is 2.54. The molecule has 1 unspecified atom stereocenters. The van der Waals surface area contributed by atoms with Gasteiger partial charge in [0.1, 0.15) is 0 Å². The van der Waals surface area contributed by atoms with Crippen LogP contribution in [0.1, 0.15) is 18.1 Å². The number of alkyl halides is 2. The second-order valence-corrected chi connectivity index (χ2v) is 3.87. The maximum atomic E-state index is 13.3. The molecule has 0 aliphatic heterocycles. The van der Waals surface area contributed by atoms with E-state index in [0.717, 1.165) is 5.56 Å². The molecule has 0 saturated heterocycles. The number of hydrogen-bond donors (Lipinski definition) is 2. The quantitative estimate of drug-likeness (QED) is 0.831. The lowest BCUT2D eigenvalue weighted by atomic mass is 9.85. The highest BCUT2D eigenvalue weighted by molar-refractivity contribution is 5.82. The van der Waals surface area contributed by atoms with Crippen LogP contribution < -0.4 is 5.73 Å². The molecule has 0 amide bonds. The summed E-state index contributed by atoms with van der Waals surface area (Å²) < 4.78 is 26.6. The minimum Gasteiger partial charge on any atom is -0.479 e. The summed E-state index contributed by atoms with van der Waals surface area (Å²) in [5.74, 6) is -5.29. The molecule has 88 valence electrons. The minimum absolute atomic E-state index is 0.113. The molecule has 1 aromatic rings. The van der Waals surface area contributed by atoms with Gasteiger partial charge >= 0.3 is 5.97 Å². The number of carboxylic acids is 1. The number of carboxylic acid groups (broad SMARTS) is 1. The Morgan fingerprint density at radius 3 is 2.06 bits per heavy atom. The van der Waals surface area contributed by atoms with Gasteiger partial charge in [0.25, 0.3) is 5.92 Å². The van der Waals surface area contributed by atoms with Crippen LogP contribution >= 0.6 is 0 Å². The van der Waals surface area contributed by atoms with Gasteiger partial charge in [-0.25, -0.2) is 13.6 Å². The molecule has 0 heterocycles. The lowest BCUT2D eigenvalue weighted by Gasteiger charge is -2.31. The fourth-order valence-corrected chi connectivity index (χ4v) is 1.38. The van der Waals surface area contributed by atoms with Gasteiger partial charge in [-0.2, -0.15) is 0 Å². The lowest BCUT2D eigenvalue weighted by molar-refractivity contribution is -0.160. The minimum atomic E-state index is -3.55. The van der Waals surface area contributed by atoms with Crippen molar-refractivity contribution >= 4 is 5.97 Å². The first-order valence-corrected chi connectivity index (χ1v) is 4.67. The number of halogens is 2. The highest BCUT2D eigenvalue weighted by Gasteiger charge is 2.54. The first-order valence-electron chi connectivity index (χ1n) is 4.67. The zero-order chi connectivity index (χ0) is 12.6. The summed E-state index contributed by atoms with van der Waals surface area (Å²) in [7, 11) is 0. The van der Waals surface area contributed by atoms with Crippen LogP contribution in [0.5, 0.6) is 0 Å². The van der Waals surface area contributed by atoms with Crippen molar-refractivity contribution in [2.45, 2.75) is 25.3 Å². The number of carbonyl (C=O) groups is 1. The topological polar surface area (TPSA) is 63.3 Å². The predicted molar refractivity (Wildman–Crippen MR) is 55.3 cm³/mol. The number of aryl methyl sites for hydroxylation is 1. The number of benzene rings is 1. The van der Waals surface area contributed by atoms with E-state index in [1.165, 1.54) is 12.1 Å². The average molecular weight is 229 g/mol. The number of aliphatic carboxylic acids is 1. The molecule has 0 aromatic heterocycles. The molecule has 0 saturated carbocycles. The first-order chi connectivity index (χ1) is 7.19. The van der Waals surface area contributed by atoms with Crippen molar-refractivity contribution < 1.29 is 18.7 Å². The zero-order valence-corrected chi connectivity index (χ0v) is 9.00. The molecule has 0 spiro atoms. The van der Waals surface area contributed by atoms with Crippen LogP contribution in [0.3, 0.4) is 0 Å². The third kappa shape index (κ3) is 1.90. The van der Waals surface area contributed by atoms with Gasteiger partial charge in [-0.05, 0) is 12.5 Å². The van der Waals surface area contributed by atoms with E-state index in [0.29, 0.717) is 6.92 Å². The molecule has 0 bridgehead atoms. The van der Waals surface area contributed by atoms with Gasteiger partial charge < -0.3 is 10.8 Å². The summed E-state index contributed by atoms with van der Waals surface area (Å²) in [6, 6.07) is 5.71. The molecule has 0 aliphatic rings. The smallest absolute Gasteiger partial charge is 0.334 e. The van der Waals surface area contributed by atoms with E-state index in [1.54, 1.807) is 19.1 Å². The van der Waals surface area contributed by atoms with Crippen molar-refractivity contribution in [3.63, 3.8) is 0 Å². The summed E-state index contributed by atoms with van der Waals surface area (Å²) in [5, 5.41) is 8.89. The fourth-order valence-electron chi connectivity index (χ4n) is 1.38. The Labute approximate surface area is 91.9 Å². The van der Waals surface area contributed by atoms with Crippen LogP contribution in [0.25, 0.3) is 0 Å². The van der Waals surface area contributed by atoms with E-state index in [9.17, 15) is 13.6 Å².